The topological polar surface area (TPSA) is 15.3 Å². The zero-order valence-corrected chi connectivity index (χ0v) is 12.4. The van der Waals surface area contributed by atoms with E-state index in [0.29, 0.717) is 5.54 Å². The first-order chi connectivity index (χ1) is 8.67. The average molecular weight is 250 g/mol. The summed E-state index contributed by atoms with van der Waals surface area (Å²) in [7, 11) is 0. The van der Waals surface area contributed by atoms with Crippen molar-refractivity contribution in [2.75, 3.05) is 19.6 Å². The zero-order valence-electron chi connectivity index (χ0n) is 12.4. The molecule has 1 aliphatic carbocycles. The van der Waals surface area contributed by atoms with Gasteiger partial charge in [-0.1, -0.05) is 38.8 Å². The number of allylic oxidation sites excluding steroid dienone is 1. The van der Waals surface area contributed by atoms with Crippen molar-refractivity contribution in [3.63, 3.8) is 0 Å². The van der Waals surface area contributed by atoms with Crippen LogP contribution in [0.5, 0.6) is 0 Å². The van der Waals surface area contributed by atoms with Crippen molar-refractivity contribution in [3.8, 4) is 0 Å². The van der Waals surface area contributed by atoms with Crippen LogP contribution in [0.2, 0.25) is 0 Å². The van der Waals surface area contributed by atoms with E-state index in [1.807, 2.05) is 0 Å². The van der Waals surface area contributed by atoms with E-state index in [1.165, 1.54) is 51.7 Å². The Morgan fingerprint density at radius 3 is 2.67 bits per heavy atom. The number of nitrogens with zero attached hydrogens (tertiary/aromatic N) is 1. The molecule has 0 amide bonds. The van der Waals surface area contributed by atoms with Crippen LogP contribution in [0.15, 0.2) is 12.2 Å². The van der Waals surface area contributed by atoms with E-state index in [0.717, 1.165) is 12.0 Å². The van der Waals surface area contributed by atoms with Crippen LogP contribution in [-0.4, -0.2) is 36.1 Å². The van der Waals surface area contributed by atoms with E-state index in [1.54, 1.807) is 0 Å². The first-order valence-corrected chi connectivity index (χ1v) is 7.77. The molecule has 1 saturated carbocycles. The molecule has 2 rings (SSSR count). The standard InChI is InChI=1S/C16H30N2/c1-4-5-8-11-18-13-16(9-6-7-10-16)17-12-15(18)14(2)3/h4-5,14-15,17H,6-13H2,1-3H3/b5-4+. The van der Waals surface area contributed by atoms with Crippen LogP contribution >= 0.6 is 0 Å². The van der Waals surface area contributed by atoms with Gasteiger partial charge in [0, 0.05) is 31.2 Å². The molecule has 0 bridgehead atoms. The minimum absolute atomic E-state index is 0.460. The van der Waals surface area contributed by atoms with E-state index in [-0.39, 0.29) is 0 Å². The van der Waals surface area contributed by atoms with Gasteiger partial charge < -0.3 is 5.32 Å². The van der Waals surface area contributed by atoms with Gasteiger partial charge in [-0.15, -0.1) is 0 Å². The van der Waals surface area contributed by atoms with E-state index in [4.69, 9.17) is 0 Å². The fourth-order valence-electron chi connectivity index (χ4n) is 3.71. The lowest BCUT2D eigenvalue weighted by atomic mass is 9.89. The number of rotatable bonds is 4. The Balaban J connectivity index is 1.98. The summed E-state index contributed by atoms with van der Waals surface area (Å²) in [6, 6.07) is 0.724. The fourth-order valence-corrected chi connectivity index (χ4v) is 3.71. The highest BCUT2D eigenvalue weighted by atomic mass is 15.3. The third-order valence-electron chi connectivity index (χ3n) is 4.81. The summed E-state index contributed by atoms with van der Waals surface area (Å²) in [5.41, 5.74) is 0.460. The highest BCUT2D eigenvalue weighted by molar-refractivity contribution is 5.01. The molecule has 1 saturated heterocycles. The molecule has 0 aromatic carbocycles. The minimum Gasteiger partial charge on any atom is -0.308 e. The quantitative estimate of drug-likeness (QED) is 0.771. The summed E-state index contributed by atoms with van der Waals surface area (Å²) in [4.78, 5) is 2.76. The fraction of sp³-hybridized carbons (Fsp3) is 0.875. The maximum Gasteiger partial charge on any atom is 0.0309 e. The number of hydrogen-bond donors (Lipinski definition) is 1. The van der Waals surface area contributed by atoms with Crippen LogP contribution in [0.25, 0.3) is 0 Å². The molecule has 2 nitrogen and oxygen atoms in total. The average Bonchev–Trinajstić information content (AvgIpc) is 2.77. The molecule has 0 radical (unpaired) electrons. The van der Waals surface area contributed by atoms with Crippen molar-refractivity contribution in [1.29, 1.82) is 0 Å². The van der Waals surface area contributed by atoms with Crippen LogP contribution in [0.4, 0.5) is 0 Å². The Morgan fingerprint density at radius 2 is 2.06 bits per heavy atom. The van der Waals surface area contributed by atoms with E-state index >= 15 is 0 Å². The predicted octanol–water partition coefficient (Wildman–Crippen LogP) is 3.20. The van der Waals surface area contributed by atoms with Crippen LogP contribution < -0.4 is 5.32 Å². The van der Waals surface area contributed by atoms with Gasteiger partial charge in [-0.05, 0) is 32.1 Å². The monoisotopic (exact) mass is 250 g/mol. The summed E-state index contributed by atoms with van der Waals surface area (Å²) in [5.74, 6) is 0.752. The van der Waals surface area contributed by atoms with Gasteiger partial charge in [0.15, 0.2) is 0 Å². The van der Waals surface area contributed by atoms with Gasteiger partial charge in [0.25, 0.3) is 0 Å². The van der Waals surface area contributed by atoms with Crippen molar-refractivity contribution >= 4 is 0 Å². The van der Waals surface area contributed by atoms with Gasteiger partial charge in [-0.2, -0.15) is 0 Å². The molecule has 0 aromatic rings. The number of nitrogens with one attached hydrogen (secondary N) is 1. The summed E-state index contributed by atoms with van der Waals surface area (Å²) < 4.78 is 0. The number of piperazine rings is 1. The summed E-state index contributed by atoms with van der Waals surface area (Å²) in [6.45, 7) is 10.5. The van der Waals surface area contributed by atoms with Gasteiger partial charge in [0.2, 0.25) is 0 Å². The summed E-state index contributed by atoms with van der Waals surface area (Å²) in [6.07, 6.45) is 11.3. The van der Waals surface area contributed by atoms with Crippen molar-refractivity contribution in [1.82, 2.24) is 10.2 Å². The molecule has 1 unspecified atom stereocenters. The Kier molecular flexibility index (Phi) is 4.85. The second-order valence-corrected chi connectivity index (χ2v) is 6.51. The van der Waals surface area contributed by atoms with E-state index in [2.05, 4.69) is 43.1 Å². The Hall–Kier alpha value is -0.340. The van der Waals surface area contributed by atoms with Gasteiger partial charge in [-0.25, -0.2) is 0 Å². The van der Waals surface area contributed by atoms with Crippen LogP contribution in [0.1, 0.15) is 52.9 Å². The molecule has 0 aromatic heterocycles. The molecule has 1 aliphatic heterocycles. The van der Waals surface area contributed by atoms with Crippen LogP contribution in [0, 0.1) is 5.92 Å². The molecule has 18 heavy (non-hydrogen) atoms. The normalized spacial score (nSPS) is 28.8. The van der Waals surface area contributed by atoms with E-state index in [9.17, 15) is 0 Å². The molecule has 2 aliphatic rings. The van der Waals surface area contributed by atoms with Crippen molar-refractivity contribution in [2.45, 2.75) is 64.5 Å². The van der Waals surface area contributed by atoms with Crippen LogP contribution in [-0.2, 0) is 0 Å². The SMILES string of the molecule is C/C=C/CCN1CC2(CCCC2)NCC1C(C)C. The third kappa shape index (κ3) is 3.16. The smallest absolute Gasteiger partial charge is 0.0309 e. The van der Waals surface area contributed by atoms with E-state index < -0.39 is 0 Å². The second kappa shape index (κ2) is 6.21. The lowest BCUT2D eigenvalue weighted by Gasteiger charge is -2.48. The Morgan fingerprint density at radius 1 is 1.33 bits per heavy atom. The molecule has 104 valence electrons. The molecule has 2 fully saturated rings. The molecule has 1 N–H and O–H groups in total. The second-order valence-electron chi connectivity index (χ2n) is 6.51. The van der Waals surface area contributed by atoms with Crippen molar-refractivity contribution < 1.29 is 0 Å². The highest BCUT2D eigenvalue weighted by Gasteiger charge is 2.41. The molecule has 2 heteroatoms. The van der Waals surface area contributed by atoms with Gasteiger partial charge in [0.05, 0.1) is 0 Å². The molecule has 1 spiro atoms. The lowest BCUT2D eigenvalue weighted by molar-refractivity contribution is 0.0586. The maximum absolute atomic E-state index is 3.89. The van der Waals surface area contributed by atoms with Gasteiger partial charge in [0.1, 0.15) is 0 Å². The Bertz CT molecular complexity index is 277. The molecule has 1 atom stereocenters. The van der Waals surface area contributed by atoms with Crippen molar-refractivity contribution in [3.05, 3.63) is 12.2 Å². The van der Waals surface area contributed by atoms with Crippen molar-refractivity contribution in [2.24, 2.45) is 5.92 Å². The van der Waals surface area contributed by atoms with Gasteiger partial charge in [-0.3, -0.25) is 4.90 Å². The summed E-state index contributed by atoms with van der Waals surface area (Å²) >= 11 is 0. The Labute approximate surface area is 113 Å². The first kappa shape index (κ1) is 14.1. The highest BCUT2D eigenvalue weighted by Crippen LogP contribution is 2.34. The first-order valence-electron chi connectivity index (χ1n) is 7.77. The zero-order chi connectivity index (χ0) is 13.0. The molecular formula is C16H30N2. The third-order valence-corrected chi connectivity index (χ3v) is 4.81. The predicted molar refractivity (Wildman–Crippen MR) is 78.8 cm³/mol. The summed E-state index contributed by atoms with van der Waals surface area (Å²) in [5, 5.41) is 3.89. The molecule has 1 heterocycles. The minimum atomic E-state index is 0.460. The molecular weight excluding hydrogens is 220 g/mol. The van der Waals surface area contributed by atoms with Crippen LogP contribution in [0.3, 0.4) is 0 Å². The lowest BCUT2D eigenvalue weighted by Crippen LogP contribution is -2.64. The number of hydrogen-bond acceptors (Lipinski definition) is 2. The largest absolute Gasteiger partial charge is 0.308 e. The van der Waals surface area contributed by atoms with Gasteiger partial charge >= 0.3 is 0 Å². The maximum atomic E-state index is 3.89.